The molecular formula is C15H18N2O2. The van der Waals surface area contributed by atoms with Gasteiger partial charge in [0, 0.05) is 6.04 Å². The molecule has 1 aromatic heterocycles. The van der Waals surface area contributed by atoms with E-state index in [0.717, 1.165) is 11.3 Å². The van der Waals surface area contributed by atoms with Gasteiger partial charge in [0.25, 0.3) is 0 Å². The highest BCUT2D eigenvalue weighted by atomic mass is 16.4. The SMILES string of the molecule is Cc1nc2c(C(=O)O)cccc2n1C(C)C1CCC1. The number of rotatable bonds is 3. The Kier molecular flexibility index (Phi) is 2.81. The summed E-state index contributed by atoms with van der Waals surface area (Å²) in [5, 5.41) is 9.24. The summed E-state index contributed by atoms with van der Waals surface area (Å²) in [6, 6.07) is 5.78. The van der Waals surface area contributed by atoms with Gasteiger partial charge in [-0.15, -0.1) is 0 Å². The van der Waals surface area contributed by atoms with Gasteiger partial charge in [0.1, 0.15) is 11.3 Å². The first-order valence-corrected chi connectivity index (χ1v) is 6.80. The average Bonchev–Trinajstić information content (AvgIpc) is 2.61. The van der Waals surface area contributed by atoms with Crippen molar-refractivity contribution in [3.05, 3.63) is 29.6 Å². The predicted octanol–water partition coefficient (Wildman–Crippen LogP) is 3.40. The summed E-state index contributed by atoms with van der Waals surface area (Å²) < 4.78 is 2.20. The molecule has 1 fully saturated rings. The lowest BCUT2D eigenvalue weighted by Gasteiger charge is -2.33. The summed E-state index contributed by atoms with van der Waals surface area (Å²) in [5.74, 6) is 0.694. The fourth-order valence-corrected chi connectivity index (χ4v) is 3.05. The van der Waals surface area contributed by atoms with E-state index in [1.807, 2.05) is 13.0 Å². The van der Waals surface area contributed by atoms with Gasteiger partial charge in [-0.25, -0.2) is 9.78 Å². The number of aromatic nitrogens is 2. The number of hydrogen-bond donors (Lipinski definition) is 1. The minimum absolute atomic E-state index is 0.292. The molecule has 1 saturated carbocycles. The topological polar surface area (TPSA) is 55.1 Å². The van der Waals surface area contributed by atoms with Gasteiger partial charge in [-0.2, -0.15) is 0 Å². The quantitative estimate of drug-likeness (QED) is 0.918. The smallest absolute Gasteiger partial charge is 0.337 e. The zero-order chi connectivity index (χ0) is 13.6. The molecule has 0 amide bonds. The Morgan fingerprint density at radius 1 is 1.47 bits per heavy atom. The highest BCUT2D eigenvalue weighted by Gasteiger charge is 2.27. The van der Waals surface area contributed by atoms with Gasteiger partial charge in [0.05, 0.1) is 11.1 Å². The molecule has 3 rings (SSSR count). The van der Waals surface area contributed by atoms with Crippen LogP contribution in [-0.4, -0.2) is 20.6 Å². The Morgan fingerprint density at radius 2 is 2.21 bits per heavy atom. The third kappa shape index (κ3) is 1.82. The molecule has 4 nitrogen and oxygen atoms in total. The van der Waals surface area contributed by atoms with Gasteiger partial charge >= 0.3 is 5.97 Å². The van der Waals surface area contributed by atoms with E-state index < -0.39 is 5.97 Å². The largest absolute Gasteiger partial charge is 0.478 e. The number of carboxylic acid groups (broad SMARTS) is 1. The first-order valence-electron chi connectivity index (χ1n) is 6.80. The maximum Gasteiger partial charge on any atom is 0.337 e. The van der Waals surface area contributed by atoms with Crippen LogP contribution in [0.1, 0.15) is 48.4 Å². The normalized spacial score (nSPS) is 17.4. The Morgan fingerprint density at radius 3 is 2.79 bits per heavy atom. The van der Waals surface area contributed by atoms with Crippen molar-refractivity contribution in [2.45, 2.75) is 39.2 Å². The van der Waals surface area contributed by atoms with Crippen molar-refractivity contribution in [1.29, 1.82) is 0 Å². The van der Waals surface area contributed by atoms with Gasteiger partial charge in [-0.05, 0) is 44.7 Å². The van der Waals surface area contributed by atoms with Crippen molar-refractivity contribution in [2.24, 2.45) is 5.92 Å². The Labute approximate surface area is 112 Å². The summed E-state index contributed by atoms with van der Waals surface area (Å²) in [6.45, 7) is 4.17. The number of benzene rings is 1. The maximum absolute atomic E-state index is 11.3. The minimum atomic E-state index is -0.911. The highest BCUT2D eigenvalue weighted by Crippen LogP contribution is 2.38. The van der Waals surface area contributed by atoms with Crippen LogP contribution in [-0.2, 0) is 0 Å². The van der Waals surface area contributed by atoms with E-state index in [4.69, 9.17) is 0 Å². The van der Waals surface area contributed by atoms with Gasteiger partial charge in [0.15, 0.2) is 0 Å². The molecular weight excluding hydrogens is 240 g/mol. The first-order chi connectivity index (χ1) is 9.09. The second-order valence-electron chi connectivity index (χ2n) is 5.44. The van der Waals surface area contributed by atoms with E-state index >= 15 is 0 Å². The van der Waals surface area contributed by atoms with E-state index in [2.05, 4.69) is 16.5 Å². The summed E-state index contributed by atoms with van der Waals surface area (Å²) in [7, 11) is 0. The molecule has 1 atom stereocenters. The molecule has 1 aliphatic rings. The minimum Gasteiger partial charge on any atom is -0.478 e. The van der Waals surface area contributed by atoms with E-state index in [-0.39, 0.29) is 0 Å². The molecule has 0 aliphatic heterocycles. The monoisotopic (exact) mass is 258 g/mol. The van der Waals surface area contributed by atoms with E-state index in [9.17, 15) is 9.90 Å². The molecule has 0 bridgehead atoms. The van der Waals surface area contributed by atoms with E-state index in [1.54, 1.807) is 12.1 Å². The van der Waals surface area contributed by atoms with Gasteiger partial charge in [-0.3, -0.25) is 0 Å². The van der Waals surface area contributed by atoms with Crippen LogP contribution in [0.5, 0.6) is 0 Å². The lowest BCUT2D eigenvalue weighted by Crippen LogP contribution is -2.23. The number of carboxylic acids is 1. The van der Waals surface area contributed by atoms with Gasteiger partial charge in [-0.1, -0.05) is 12.5 Å². The van der Waals surface area contributed by atoms with Crippen molar-refractivity contribution in [1.82, 2.24) is 9.55 Å². The lowest BCUT2D eigenvalue weighted by atomic mass is 9.80. The molecule has 1 aromatic carbocycles. The van der Waals surface area contributed by atoms with Crippen LogP contribution in [0.3, 0.4) is 0 Å². The third-order valence-corrected chi connectivity index (χ3v) is 4.37. The maximum atomic E-state index is 11.3. The molecule has 4 heteroatoms. The summed E-state index contributed by atoms with van der Waals surface area (Å²) >= 11 is 0. The fraction of sp³-hybridized carbons (Fsp3) is 0.467. The standard InChI is InChI=1S/C15H18N2O2/c1-9(11-5-3-6-11)17-10(2)16-14-12(15(18)19)7-4-8-13(14)17/h4,7-9,11H,3,5-6H2,1-2H3,(H,18,19). The van der Waals surface area contributed by atoms with Crippen molar-refractivity contribution in [2.75, 3.05) is 0 Å². The van der Waals surface area contributed by atoms with Crippen LogP contribution in [0.25, 0.3) is 11.0 Å². The van der Waals surface area contributed by atoms with Crippen LogP contribution in [0, 0.1) is 12.8 Å². The second-order valence-corrected chi connectivity index (χ2v) is 5.44. The molecule has 1 heterocycles. The number of aromatic carboxylic acids is 1. The summed E-state index contributed by atoms with van der Waals surface area (Å²) in [6.07, 6.45) is 3.83. The molecule has 0 saturated heterocycles. The van der Waals surface area contributed by atoms with Crippen LogP contribution >= 0.6 is 0 Å². The number of carbonyl (C=O) groups is 1. The molecule has 0 radical (unpaired) electrons. The molecule has 2 aromatic rings. The average molecular weight is 258 g/mol. The second kappa shape index (κ2) is 4.37. The van der Waals surface area contributed by atoms with Crippen LogP contribution in [0.2, 0.25) is 0 Å². The fourth-order valence-electron chi connectivity index (χ4n) is 3.05. The zero-order valence-corrected chi connectivity index (χ0v) is 11.3. The van der Waals surface area contributed by atoms with Crippen LogP contribution in [0.4, 0.5) is 0 Å². The van der Waals surface area contributed by atoms with E-state index in [0.29, 0.717) is 23.0 Å². The van der Waals surface area contributed by atoms with Crippen molar-refractivity contribution in [3.63, 3.8) is 0 Å². The molecule has 19 heavy (non-hydrogen) atoms. The Hall–Kier alpha value is -1.84. The molecule has 0 spiro atoms. The number of imidazole rings is 1. The Balaban J connectivity index is 2.16. The first kappa shape index (κ1) is 12.2. The Bertz CT molecular complexity index is 641. The lowest BCUT2D eigenvalue weighted by molar-refractivity contribution is 0.0699. The number of hydrogen-bond acceptors (Lipinski definition) is 2. The predicted molar refractivity (Wildman–Crippen MR) is 73.5 cm³/mol. The van der Waals surface area contributed by atoms with Gasteiger partial charge in [0.2, 0.25) is 0 Å². The third-order valence-electron chi connectivity index (χ3n) is 4.37. The van der Waals surface area contributed by atoms with Crippen molar-refractivity contribution >= 4 is 17.0 Å². The highest BCUT2D eigenvalue weighted by molar-refractivity contribution is 6.01. The van der Waals surface area contributed by atoms with Crippen molar-refractivity contribution in [3.8, 4) is 0 Å². The molecule has 1 N–H and O–H groups in total. The number of fused-ring (bicyclic) bond motifs is 1. The summed E-state index contributed by atoms with van der Waals surface area (Å²) in [4.78, 5) is 15.7. The number of nitrogens with zero attached hydrogens (tertiary/aromatic N) is 2. The number of para-hydroxylation sites is 1. The van der Waals surface area contributed by atoms with Gasteiger partial charge < -0.3 is 9.67 Å². The van der Waals surface area contributed by atoms with E-state index in [1.165, 1.54) is 19.3 Å². The summed E-state index contributed by atoms with van der Waals surface area (Å²) in [5.41, 5.74) is 1.84. The number of aryl methyl sites for hydroxylation is 1. The van der Waals surface area contributed by atoms with Crippen molar-refractivity contribution < 1.29 is 9.90 Å². The molecule has 100 valence electrons. The van der Waals surface area contributed by atoms with Crippen LogP contribution < -0.4 is 0 Å². The molecule has 1 unspecified atom stereocenters. The van der Waals surface area contributed by atoms with Crippen LogP contribution in [0.15, 0.2) is 18.2 Å². The zero-order valence-electron chi connectivity index (χ0n) is 11.3. The molecule has 1 aliphatic carbocycles.